The van der Waals surface area contributed by atoms with Crippen LogP contribution in [0.15, 0.2) is 52.1 Å². The minimum absolute atomic E-state index is 0.672. The molecule has 1 saturated heterocycles. The van der Waals surface area contributed by atoms with Crippen LogP contribution in [0.1, 0.15) is 23.8 Å². The van der Waals surface area contributed by atoms with Crippen LogP contribution in [0.5, 0.6) is 0 Å². The van der Waals surface area contributed by atoms with E-state index in [9.17, 15) is 0 Å². The SMILES string of the molecule is CCNC(=NCc1ccc(CN2CCN(C)CC2)cc1)NCCc1ccco1. The molecule has 1 aliphatic rings. The van der Waals surface area contributed by atoms with Gasteiger partial charge in [0.1, 0.15) is 5.76 Å². The quantitative estimate of drug-likeness (QED) is 0.541. The molecule has 0 atom stereocenters. The van der Waals surface area contributed by atoms with Crippen LogP contribution >= 0.6 is 0 Å². The summed E-state index contributed by atoms with van der Waals surface area (Å²) >= 11 is 0. The van der Waals surface area contributed by atoms with E-state index in [2.05, 4.69) is 58.7 Å². The van der Waals surface area contributed by atoms with E-state index < -0.39 is 0 Å². The third-order valence-corrected chi connectivity index (χ3v) is 5.03. The van der Waals surface area contributed by atoms with E-state index in [0.29, 0.717) is 6.54 Å². The van der Waals surface area contributed by atoms with Crippen molar-refractivity contribution in [1.82, 2.24) is 20.4 Å². The number of benzene rings is 1. The van der Waals surface area contributed by atoms with Crippen LogP contribution in [-0.4, -0.2) is 62.1 Å². The van der Waals surface area contributed by atoms with Crippen LogP contribution in [0, 0.1) is 0 Å². The van der Waals surface area contributed by atoms with Crippen LogP contribution in [0.25, 0.3) is 0 Å². The minimum atomic E-state index is 0.672. The molecule has 6 heteroatoms. The maximum absolute atomic E-state index is 5.37. The van der Waals surface area contributed by atoms with Gasteiger partial charge in [0.05, 0.1) is 12.8 Å². The molecule has 2 aromatic rings. The highest BCUT2D eigenvalue weighted by atomic mass is 16.3. The van der Waals surface area contributed by atoms with Gasteiger partial charge >= 0.3 is 0 Å². The Hall–Kier alpha value is -2.31. The van der Waals surface area contributed by atoms with Crippen LogP contribution in [0.3, 0.4) is 0 Å². The fraction of sp³-hybridized carbons (Fsp3) is 0.500. The molecule has 0 radical (unpaired) electrons. The molecule has 3 rings (SSSR count). The number of likely N-dealkylation sites (N-methyl/N-ethyl adjacent to an activating group) is 1. The largest absolute Gasteiger partial charge is 0.469 e. The first-order valence-corrected chi connectivity index (χ1v) is 10.3. The molecule has 1 fully saturated rings. The third kappa shape index (κ3) is 6.69. The summed E-state index contributed by atoms with van der Waals surface area (Å²) in [4.78, 5) is 9.62. The topological polar surface area (TPSA) is 56.0 Å². The summed E-state index contributed by atoms with van der Waals surface area (Å²) in [6.07, 6.45) is 2.56. The van der Waals surface area contributed by atoms with E-state index in [1.165, 1.54) is 11.1 Å². The molecule has 0 aliphatic carbocycles. The highest BCUT2D eigenvalue weighted by Crippen LogP contribution is 2.10. The van der Waals surface area contributed by atoms with E-state index in [0.717, 1.165) is 64.0 Å². The lowest BCUT2D eigenvalue weighted by Gasteiger charge is -2.32. The van der Waals surface area contributed by atoms with E-state index >= 15 is 0 Å². The monoisotopic (exact) mass is 383 g/mol. The number of aliphatic imine (C=N–C) groups is 1. The van der Waals surface area contributed by atoms with Crippen molar-refractivity contribution >= 4 is 5.96 Å². The molecule has 1 aliphatic heterocycles. The molecular weight excluding hydrogens is 350 g/mol. The van der Waals surface area contributed by atoms with Gasteiger partial charge in [-0.1, -0.05) is 24.3 Å². The zero-order chi connectivity index (χ0) is 19.6. The Morgan fingerprint density at radius 1 is 1.04 bits per heavy atom. The van der Waals surface area contributed by atoms with Gasteiger partial charge in [0.15, 0.2) is 5.96 Å². The van der Waals surface area contributed by atoms with Crippen LogP contribution in [0.2, 0.25) is 0 Å². The van der Waals surface area contributed by atoms with E-state index in [4.69, 9.17) is 9.41 Å². The molecule has 0 unspecified atom stereocenters. The van der Waals surface area contributed by atoms with Gasteiger partial charge in [0.2, 0.25) is 0 Å². The second-order valence-corrected chi connectivity index (χ2v) is 7.35. The van der Waals surface area contributed by atoms with Crippen molar-refractivity contribution in [2.45, 2.75) is 26.4 Å². The Morgan fingerprint density at radius 2 is 1.79 bits per heavy atom. The number of furan rings is 1. The number of nitrogens with zero attached hydrogens (tertiary/aromatic N) is 3. The average Bonchev–Trinajstić information content (AvgIpc) is 3.22. The zero-order valence-corrected chi connectivity index (χ0v) is 17.2. The summed E-state index contributed by atoms with van der Waals surface area (Å²) in [5.41, 5.74) is 2.60. The predicted molar refractivity (Wildman–Crippen MR) is 114 cm³/mol. The molecule has 2 N–H and O–H groups in total. The second kappa shape index (κ2) is 10.9. The first kappa shape index (κ1) is 20.4. The first-order chi connectivity index (χ1) is 13.7. The highest BCUT2D eigenvalue weighted by Gasteiger charge is 2.13. The summed E-state index contributed by atoms with van der Waals surface area (Å²) < 4.78 is 5.37. The lowest BCUT2D eigenvalue weighted by molar-refractivity contribution is 0.148. The minimum Gasteiger partial charge on any atom is -0.469 e. The average molecular weight is 384 g/mol. The first-order valence-electron chi connectivity index (χ1n) is 10.3. The second-order valence-electron chi connectivity index (χ2n) is 7.35. The van der Waals surface area contributed by atoms with Crippen molar-refractivity contribution in [2.75, 3.05) is 46.3 Å². The van der Waals surface area contributed by atoms with Crippen molar-refractivity contribution in [3.8, 4) is 0 Å². The van der Waals surface area contributed by atoms with Crippen molar-refractivity contribution < 1.29 is 4.42 Å². The van der Waals surface area contributed by atoms with Crippen molar-refractivity contribution in [3.05, 3.63) is 59.5 Å². The standard InChI is InChI=1S/C22H33N5O/c1-3-23-22(24-11-10-21-5-4-16-28-21)25-17-19-6-8-20(9-7-19)18-27-14-12-26(2)13-15-27/h4-9,16H,3,10-15,17-18H2,1-2H3,(H2,23,24,25). The van der Waals surface area contributed by atoms with Crippen molar-refractivity contribution in [3.63, 3.8) is 0 Å². The Kier molecular flexibility index (Phi) is 7.94. The summed E-state index contributed by atoms with van der Waals surface area (Å²) in [5.74, 6) is 1.83. The lowest BCUT2D eigenvalue weighted by atomic mass is 10.1. The molecule has 1 aromatic carbocycles. The van der Waals surface area contributed by atoms with E-state index in [1.807, 2.05) is 12.1 Å². The molecule has 2 heterocycles. The maximum atomic E-state index is 5.37. The zero-order valence-electron chi connectivity index (χ0n) is 17.2. The molecule has 28 heavy (non-hydrogen) atoms. The van der Waals surface area contributed by atoms with E-state index in [-0.39, 0.29) is 0 Å². The number of rotatable bonds is 8. The van der Waals surface area contributed by atoms with Crippen molar-refractivity contribution in [1.29, 1.82) is 0 Å². The Bertz CT molecular complexity index is 703. The molecular formula is C22H33N5O. The third-order valence-electron chi connectivity index (χ3n) is 5.03. The number of piperazine rings is 1. The normalized spacial score (nSPS) is 16.3. The summed E-state index contributed by atoms with van der Waals surface area (Å²) in [6.45, 7) is 10.0. The fourth-order valence-corrected chi connectivity index (χ4v) is 3.29. The van der Waals surface area contributed by atoms with Crippen LogP contribution < -0.4 is 10.6 Å². The van der Waals surface area contributed by atoms with Gasteiger partial charge in [0, 0.05) is 52.2 Å². The van der Waals surface area contributed by atoms with Crippen molar-refractivity contribution in [2.24, 2.45) is 4.99 Å². The number of guanidine groups is 1. The molecule has 1 aromatic heterocycles. The van der Waals surface area contributed by atoms with Crippen LogP contribution in [-0.2, 0) is 19.5 Å². The van der Waals surface area contributed by atoms with Crippen LogP contribution in [0.4, 0.5) is 0 Å². The van der Waals surface area contributed by atoms with Gasteiger partial charge in [-0.05, 0) is 37.2 Å². The fourth-order valence-electron chi connectivity index (χ4n) is 3.29. The maximum Gasteiger partial charge on any atom is 0.191 e. The summed E-state index contributed by atoms with van der Waals surface area (Å²) in [5, 5.41) is 6.67. The molecule has 0 amide bonds. The lowest BCUT2D eigenvalue weighted by Crippen LogP contribution is -2.43. The van der Waals surface area contributed by atoms with E-state index in [1.54, 1.807) is 6.26 Å². The van der Waals surface area contributed by atoms with Gasteiger partial charge in [-0.2, -0.15) is 0 Å². The molecule has 0 bridgehead atoms. The Morgan fingerprint density at radius 3 is 2.46 bits per heavy atom. The molecule has 0 spiro atoms. The Labute approximate surface area is 168 Å². The smallest absolute Gasteiger partial charge is 0.191 e. The van der Waals surface area contributed by atoms with Gasteiger partial charge < -0.3 is 20.0 Å². The number of hydrogen-bond donors (Lipinski definition) is 2. The molecule has 6 nitrogen and oxygen atoms in total. The highest BCUT2D eigenvalue weighted by molar-refractivity contribution is 5.79. The number of hydrogen-bond acceptors (Lipinski definition) is 4. The van der Waals surface area contributed by atoms with Gasteiger partial charge in [-0.3, -0.25) is 4.90 Å². The predicted octanol–water partition coefficient (Wildman–Crippen LogP) is 2.32. The van der Waals surface area contributed by atoms with Gasteiger partial charge in [0.25, 0.3) is 0 Å². The molecule has 0 saturated carbocycles. The Balaban J connectivity index is 1.46. The number of nitrogens with one attached hydrogen (secondary N) is 2. The molecule has 152 valence electrons. The van der Waals surface area contributed by atoms with Gasteiger partial charge in [-0.25, -0.2) is 4.99 Å². The van der Waals surface area contributed by atoms with Gasteiger partial charge in [-0.15, -0.1) is 0 Å². The summed E-state index contributed by atoms with van der Waals surface area (Å²) in [6, 6.07) is 12.8. The summed E-state index contributed by atoms with van der Waals surface area (Å²) in [7, 11) is 2.19.